The molecule has 0 atom stereocenters. The Labute approximate surface area is 130 Å². The molecule has 0 spiro atoms. The molecule has 0 unspecified atom stereocenters. The summed E-state index contributed by atoms with van der Waals surface area (Å²) in [4.78, 5) is 25.7. The molecule has 3 nitrogen and oxygen atoms in total. The zero-order valence-electron chi connectivity index (χ0n) is 13.1. The molecule has 1 aliphatic rings. The molecule has 2 aromatic carbocycles. The molecule has 3 rings (SSSR count). The molecule has 1 aliphatic heterocycles. The summed E-state index contributed by atoms with van der Waals surface area (Å²) in [5, 5.41) is 0. The van der Waals surface area contributed by atoms with Gasteiger partial charge in [0.25, 0.3) is 11.7 Å². The summed E-state index contributed by atoms with van der Waals surface area (Å²) in [5.74, 6) is -0.858. The summed E-state index contributed by atoms with van der Waals surface area (Å²) in [6, 6.07) is 15.4. The molecule has 1 amide bonds. The van der Waals surface area contributed by atoms with Gasteiger partial charge in [-0.05, 0) is 28.7 Å². The highest BCUT2D eigenvalue weighted by Crippen LogP contribution is 2.30. The summed E-state index contributed by atoms with van der Waals surface area (Å²) < 4.78 is 0. The van der Waals surface area contributed by atoms with Crippen molar-refractivity contribution in [1.82, 2.24) is 0 Å². The van der Waals surface area contributed by atoms with Crippen molar-refractivity contribution in [1.29, 1.82) is 0 Å². The number of para-hydroxylation sites is 1. The molecule has 0 bridgehead atoms. The quantitative estimate of drug-likeness (QED) is 0.791. The van der Waals surface area contributed by atoms with E-state index in [0.29, 0.717) is 17.8 Å². The Kier molecular flexibility index (Phi) is 3.36. The van der Waals surface area contributed by atoms with Gasteiger partial charge in [-0.1, -0.05) is 57.2 Å². The summed E-state index contributed by atoms with van der Waals surface area (Å²) in [5.41, 5.74) is 3.58. The number of benzene rings is 2. The number of carbonyl (C=O) groups is 2. The van der Waals surface area contributed by atoms with E-state index in [-0.39, 0.29) is 5.41 Å². The molecular formula is C19H19NO2. The van der Waals surface area contributed by atoms with Crippen LogP contribution in [0.3, 0.4) is 0 Å². The SMILES string of the molecule is CC(C)(C)c1ccc(CN2C(=O)C(=O)c3ccccc32)cc1. The Morgan fingerprint density at radius 3 is 2.18 bits per heavy atom. The zero-order chi connectivity index (χ0) is 15.9. The van der Waals surface area contributed by atoms with Gasteiger partial charge in [-0.15, -0.1) is 0 Å². The highest BCUT2D eigenvalue weighted by atomic mass is 16.2. The third-order valence-electron chi connectivity index (χ3n) is 4.04. The lowest BCUT2D eigenvalue weighted by Gasteiger charge is -2.20. The van der Waals surface area contributed by atoms with Crippen LogP contribution in [0.15, 0.2) is 48.5 Å². The monoisotopic (exact) mass is 293 g/mol. The van der Waals surface area contributed by atoms with Crippen LogP contribution in [0.25, 0.3) is 0 Å². The van der Waals surface area contributed by atoms with Gasteiger partial charge in [0, 0.05) is 0 Å². The number of hydrogen-bond donors (Lipinski definition) is 0. The number of amides is 1. The van der Waals surface area contributed by atoms with Gasteiger partial charge in [0.2, 0.25) is 0 Å². The van der Waals surface area contributed by atoms with Gasteiger partial charge in [0.15, 0.2) is 0 Å². The van der Waals surface area contributed by atoms with E-state index in [1.54, 1.807) is 17.0 Å². The smallest absolute Gasteiger partial charge is 0.299 e. The summed E-state index contributed by atoms with van der Waals surface area (Å²) >= 11 is 0. The molecule has 0 fully saturated rings. The molecule has 0 N–H and O–H groups in total. The Morgan fingerprint density at radius 2 is 1.55 bits per heavy atom. The number of fused-ring (bicyclic) bond motifs is 1. The standard InChI is InChI=1S/C19H19NO2/c1-19(2,3)14-10-8-13(9-11-14)12-20-16-7-5-4-6-15(16)17(21)18(20)22/h4-11H,12H2,1-3H3. The minimum absolute atomic E-state index is 0.102. The van der Waals surface area contributed by atoms with Gasteiger partial charge >= 0.3 is 0 Å². The van der Waals surface area contributed by atoms with Gasteiger partial charge in [-0.2, -0.15) is 0 Å². The lowest BCUT2D eigenvalue weighted by molar-refractivity contribution is -0.114. The molecule has 0 saturated heterocycles. The molecule has 2 aromatic rings. The van der Waals surface area contributed by atoms with Crippen LogP contribution in [0.5, 0.6) is 0 Å². The topological polar surface area (TPSA) is 37.4 Å². The van der Waals surface area contributed by atoms with Gasteiger partial charge in [-0.3, -0.25) is 9.59 Å². The number of nitrogens with zero attached hydrogens (tertiary/aromatic N) is 1. The lowest BCUT2D eigenvalue weighted by Crippen LogP contribution is -2.29. The van der Waals surface area contributed by atoms with E-state index in [2.05, 4.69) is 32.9 Å². The highest BCUT2D eigenvalue weighted by Gasteiger charge is 2.35. The minimum Gasteiger partial charge on any atom is -0.300 e. The molecule has 22 heavy (non-hydrogen) atoms. The van der Waals surface area contributed by atoms with E-state index in [1.807, 2.05) is 24.3 Å². The van der Waals surface area contributed by atoms with Crippen LogP contribution in [-0.2, 0) is 16.8 Å². The van der Waals surface area contributed by atoms with Crippen LogP contribution in [0.2, 0.25) is 0 Å². The maximum Gasteiger partial charge on any atom is 0.299 e. The number of Topliss-reactive ketones (excluding diaryl/α,β-unsaturated/α-hetero) is 1. The molecular weight excluding hydrogens is 274 g/mol. The number of hydrogen-bond acceptors (Lipinski definition) is 2. The van der Waals surface area contributed by atoms with E-state index in [1.165, 1.54) is 5.56 Å². The maximum atomic E-state index is 12.2. The summed E-state index contributed by atoms with van der Waals surface area (Å²) in [7, 11) is 0. The van der Waals surface area contributed by atoms with Crippen molar-refractivity contribution >= 4 is 17.4 Å². The van der Waals surface area contributed by atoms with Crippen LogP contribution in [0.1, 0.15) is 42.3 Å². The number of carbonyl (C=O) groups excluding carboxylic acids is 2. The van der Waals surface area contributed by atoms with Gasteiger partial charge in [0.1, 0.15) is 0 Å². The van der Waals surface area contributed by atoms with Crippen LogP contribution in [0.4, 0.5) is 5.69 Å². The minimum atomic E-state index is -0.443. The van der Waals surface area contributed by atoms with Crippen molar-refractivity contribution in [3.05, 3.63) is 65.2 Å². The van der Waals surface area contributed by atoms with Gasteiger partial charge < -0.3 is 4.90 Å². The van der Waals surface area contributed by atoms with E-state index in [9.17, 15) is 9.59 Å². The number of ketones is 1. The fourth-order valence-corrected chi connectivity index (χ4v) is 2.70. The first-order valence-corrected chi connectivity index (χ1v) is 7.42. The van der Waals surface area contributed by atoms with E-state index < -0.39 is 11.7 Å². The second-order valence-electron chi connectivity index (χ2n) is 6.68. The van der Waals surface area contributed by atoms with Crippen LogP contribution in [0, 0.1) is 0 Å². The summed E-state index contributed by atoms with van der Waals surface area (Å²) in [6.45, 7) is 6.93. The lowest BCUT2D eigenvalue weighted by atomic mass is 9.87. The Morgan fingerprint density at radius 1 is 0.909 bits per heavy atom. The number of rotatable bonds is 2. The normalized spacial score (nSPS) is 14.4. The van der Waals surface area contributed by atoms with Crippen molar-refractivity contribution in [2.45, 2.75) is 32.7 Å². The summed E-state index contributed by atoms with van der Waals surface area (Å²) in [6.07, 6.45) is 0. The average molecular weight is 293 g/mol. The molecule has 0 saturated carbocycles. The van der Waals surface area contributed by atoms with Crippen molar-refractivity contribution in [3.63, 3.8) is 0 Å². The van der Waals surface area contributed by atoms with Gasteiger partial charge in [-0.25, -0.2) is 0 Å². The predicted octanol–water partition coefficient (Wildman–Crippen LogP) is 3.71. The third-order valence-corrected chi connectivity index (χ3v) is 4.04. The van der Waals surface area contributed by atoms with Crippen LogP contribution >= 0.6 is 0 Å². The first-order valence-electron chi connectivity index (χ1n) is 7.42. The van der Waals surface area contributed by atoms with Crippen molar-refractivity contribution < 1.29 is 9.59 Å². The zero-order valence-corrected chi connectivity index (χ0v) is 13.1. The third kappa shape index (κ3) is 2.43. The first-order chi connectivity index (χ1) is 10.4. The first kappa shape index (κ1) is 14.5. The fourth-order valence-electron chi connectivity index (χ4n) is 2.70. The Hall–Kier alpha value is -2.42. The van der Waals surface area contributed by atoms with Crippen molar-refractivity contribution in [2.75, 3.05) is 4.90 Å². The van der Waals surface area contributed by atoms with E-state index in [4.69, 9.17) is 0 Å². The molecule has 3 heteroatoms. The second kappa shape index (κ2) is 5.09. The molecule has 0 aliphatic carbocycles. The molecule has 0 radical (unpaired) electrons. The number of anilines is 1. The Bertz CT molecular complexity index is 739. The second-order valence-corrected chi connectivity index (χ2v) is 6.68. The van der Waals surface area contributed by atoms with Crippen molar-refractivity contribution in [3.8, 4) is 0 Å². The predicted molar refractivity (Wildman–Crippen MR) is 87.1 cm³/mol. The van der Waals surface area contributed by atoms with Crippen LogP contribution < -0.4 is 4.90 Å². The highest BCUT2D eigenvalue weighted by molar-refractivity contribution is 6.52. The Balaban J connectivity index is 1.88. The fraction of sp³-hybridized carbons (Fsp3) is 0.263. The van der Waals surface area contributed by atoms with Crippen molar-refractivity contribution in [2.24, 2.45) is 0 Å². The van der Waals surface area contributed by atoms with E-state index in [0.717, 1.165) is 5.56 Å². The van der Waals surface area contributed by atoms with Gasteiger partial charge in [0.05, 0.1) is 17.8 Å². The molecule has 112 valence electrons. The maximum absolute atomic E-state index is 12.2. The van der Waals surface area contributed by atoms with E-state index >= 15 is 0 Å². The molecule has 1 heterocycles. The average Bonchev–Trinajstić information content (AvgIpc) is 2.73. The van der Waals surface area contributed by atoms with Crippen LogP contribution in [-0.4, -0.2) is 11.7 Å². The molecule has 0 aromatic heterocycles. The largest absolute Gasteiger partial charge is 0.300 e.